The van der Waals surface area contributed by atoms with Gasteiger partial charge in [0.15, 0.2) is 9.84 Å². The normalized spacial score (nSPS) is 10.6. The van der Waals surface area contributed by atoms with Crippen LogP contribution < -0.4 is 0 Å². The van der Waals surface area contributed by atoms with Crippen molar-refractivity contribution < 1.29 is 13.3 Å². The van der Waals surface area contributed by atoms with Gasteiger partial charge < -0.3 is 0 Å². The first-order valence-corrected chi connectivity index (χ1v) is 8.06. The molecule has 6 heteroatoms. The maximum Gasteiger partial charge on any atom is 0.269 e. The van der Waals surface area contributed by atoms with E-state index in [0.29, 0.717) is 5.56 Å². The number of aryl methyl sites for hydroxylation is 1. The van der Waals surface area contributed by atoms with Crippen molar-refractivity contribution in [3.8, 4) is 11.8 Å². The summed E-state index contributed by atoms with van der Waals surface area (Å²) in [6.07, 6.45) is 0. The van der Waals surface area contributed by atoms with E-state index >= 15 is 0 Å². The first-order valence-electron chi connectivity index (χ1n) is 6.41. The van der Waals surface area contributed by atoms with E-state index in [1.165, 1.54) is 24.3 Å². The summed E-state index contributed by atoms with van der Waals surface area (Å²) in [4.78, 5) is 10.3. The van der Waals surface area contributed by atoms with Gasteiger partial charge in [0.2, 0.25) is 0 Å². The lowest BCUT2D eigenvalue weighted by Crippen LogP contribution is -2.04. The Balaban J connectivity index is 2.12. The van der Waals surface area contributed by atoms with E-state index in [-0.39, 0.29) is 16.3 Å². The van der Waals surface area contributed by atoms with Crippen molar-refractivity contribution in [1.29, 1.82) is 0 Å². The molecule has 2 aromatic carbocycles. The largest absolute Gasteiger partial charge is 0.269 e. The standard InChI is InChI=1S/C16H13NO4S/c1-13-4-10-16(11-5-13)22(20,21)12-2-3-14-6-8-15(9-7-14)17(18)19/h4-11H,12H2,1H3. The molecular formula is C16H13NO4S. The molecule has 0 unspecified atom stereocenters. The Morgan fingerprint density at radius 3 is 2.18 bits per heavy atom. The number of non-ortho nitro benzene ring substituents is 1. The van der Waals surface area contributed by atoms with E-state index in [1.807, 2.05) is 6.92 Å². The molecule has 22 heavy (non-hydrogen) atoms. The highest BCUT2D eigenvalue weighted by Crippen LogP contribution is 2.13. The molecule has 2 aromatic rings. The fraction of sp³-hybridized carbons (Fsp3) is 0.125. The Labute approximate surface area is 128 Å². The number of benzene rings is 2. The van der Waals surface area contributed by atoms with E-state index in [1.54, 1.807) is 24.3 Å². The van der Waals surface area contributed by atoms with Gasteiger partial charge in [-0.3, -0.25) is 10.1 Å². The summed E-state index contributed by atoms with van der Waals surface area (Å²) in [7, 11) is -3.45. The number of nitro groups is 1. The number of nitrogens with zero attached hydrogens (tertiary/aromatic N) is 1. The summed E-state index contributed by atoms with van der Waals surface area (Å²) in [5, 5.41) is 10.5. The first kappa shape index (κ1) is 15.7. The maximum atomic E-state index is 12.1. The Kier molecular flexibility index (Phi) is 4.59. The summed E-state index contributed by atoms with van der Waals surface area (Å²) in [6.45, 7) is 1.88. The zero-order valence-electron chi connectivity index (χ0n) is 11.8. The molecule has 0 aliphatic heterocycles. The zero-order chi connectivity index (χ0) is 16.2. The second-order valence-electron chi connectivity index (χ2n) is 4.68. The smallest absolute Gasteiger partial charge is 0.258 e. The molecule has 0 fully saturated rings. The highest BCUT2D eigenvalue weighted by molar-refractivity contribution is 7.91. The molecule has 0 aliphatic carbocycles. The molecule has 0 amide bonds. The lowest BCUT2D eigenvalue weighted by molar-refractivity contribution is -0.384. The molecule has 0 atom stereocenters. The highest BCUT2D eigenvalue weighted by Gasteiger charge is 2.12. The van der Waals surface area contributed by atoms with Crippen LogP contribution in [-0.2, 0) is 9.84 Å². The molecule has 2 rings (SSSR count). The molecule has 0 aromatic heterocycles. The second kappa shape index (κ2) is 6.41. The molecular weight excluding hydrogens is 302 g/mol. The minimum Gasteiger partial charge on any atom is -0.258 e. The molecule has 0 radical (unpaired) electrons. The molecule has 0 heterocycles. The van der Waals surface area contributed by atoms with Crippen LogP contribution >= 0.6 is 0 Å². The van der Waals surface area contributed by atoms with Gasteiger partial charge in [-0.1, -0.05) is 29.5 Å². The Morgan fingerprint density at radius 1 is 1.05 bits per heavy atom. The zero-order valence-corrected chi connectivity index (χ0v) is 12.6. The van der Waals surface area contributed by atoms with Crippen molar-refractivity contribution in [3.05, 3.63) is 69.8 Å². The molecule has 0 saturated heterocycles. The van der Waals surface area contributed by atoms with Gasteiger partial charge in [-0.25, -0.2) is 8.42 Å². The summed E-state index contributed by atoms with van der Waals surface area (Å²) in [5.74, 6) is 4.99. The topological polar surface area (TPSA) is 77.3 Å². The van der Waals surface area contributed by atoms with Gasteiger partial charge in [0.05, 0.1) is 9.82 Å². The monoisotopic (exact) mass is 315 g/mol. The predicted molar refractivity (Wildman–Crippen MR) is 83.2 cm³/mol. The van der Waals surface area contributed by atoms with E-state index in [0.717, 1.165) is 5.56 Å². The van der Waals surface area contributed by atoms with Gasteiger partial charge in [0, 0.05) is 17.7 Å². The lowest BCUT2D eigenvalue weighted by atomic mass is 10.2. The van der Waals surface area contributed by atoms with Gasteiger partial charge >= 0.3 is 0 Å². The van der Waals surface area contributed by atoms with Gasteiger partial charge in [-0.05, 0) is 31.2 Å². The van der Waals surface area contributed by atoms with Crippen LogP contribution in [0.15, 0.2) is 53.4 Å². The fourth-order valence-electron chi connectivity index (χ4n) is 1.73. The Morgan fingerprint density at radius 2 is 1.64 bits per heavy atom. The van der Waals surface area contributed by atoms with Crippen LogP contribution in [0.1, 0.15) is 11.1 Å². The van der Waals surface area contributed by atoms with Crippen molar-refractivity contribution in [3.63, 3.8) is 0 Å². The predicted octanol–water partition coefficient (Wildman–Crippen LogP) is 2.73. The average molecular weight is 315 g/mol. The molecule has 0 saturated carbocycles. The number of rotatable bonds is 3. The second-order valence-corrected chi connectivity index (χ2v) is 6.67. The Hall–Kier alpha value is -2.65. The van der Waals surface area contributed by atoms with Crippen molar-refractivity contribution in [1.82, 2.24) is 0 Å². The summed E-state index contributed by atoms with van der Waals surface area (Å²) < 4.78 is 24.2. The number of sulfone groups is 1. The van der Waals surface area contributed by atoms with Crippen molar-refractivity contribution in [2.45, 2.75) is 11.8 Å². The molecule has 0 spiro atoms. The fourth-order valence-corrected chi connectivity index (χ4v) is 2.71. The van der Waals surface area contributed by atoms with Crippen molar-refractivity contribution in [2.75, 3.05) is 5.75 Å². The third-order valence-corrected chi connectivity index (χ3v) is 4.47. The van der Waals surface area contributed by atoms with E-state index < -0.39 is 14.8 Å². The minimum atomic E-state index is -3.45. The van der Waals surface area contributed by atoms with Crippen molar-refractivity contribution >= 4 is 15.5 Å². The van der Waals surface area contributed by atoms with E-state index in [9.17, 15) is 18.5 Å². The molecule has 112 valence electrons. The van der Waals surface area contributed by atoms with Gasteiger partial charge in [-0.2, -0.15) is 0 Å². The number of nitro benzene ring substituents is 1. The molecule has 0 bridgehead atoms. The van der Waals surface area contributed by atoms with Crippen LogP contribution in [-0.4, -0.2) is 19.1 Å². The van der Waals surface area contributed by atoms with Crippen LogP contribution in [0.25, 0.3) is 0 Å². The van der Waals surface area contributed by atoms with Crippen LogP contribution in [0, 0.1) is 28.9 Å². The average Bonchev–Trinajstić information content (AvgIpc) is 2.48. The third kappa shape index (κ3) is 3.93. The van der Waals surface area contributed by atoms with Crippen LogP contribution in [0.4, 0.5) is 5.69 Å². The van der Waals surface area contributed by atoms with Gasteiger partial charge in [-0.15, -0.1) is 0 Å². The maximum absolute atomic E-state index is 12.1. The van der Waals surface area contributed by atoms with Crippen molar-refractivity contribution in [2.24, 2.45) is 0 Å². The summed E-state index contributed by atoms with van der Waals surface area (Å²) in [5.41, 5.74) is 1.48. The van der Waals surface area contributed by atoms with E-state index in [2.05, 4.69) is 11.8 Å². The third-order valence-electron chi connectivity index (χ3n) is 2.95. The van der Waals surface area contributed by atoms with Crippen LogP contribution in [0.3, 0.4) is 0 Å². The van der Waals surface area contributed by atoms with Crippen LogP contribution in [0.5, 0.6) is 0 Å². The molecule has 0 aliphatic rings. The lowest BCUT2D eigenvalue weighted by Gasteiger charge is -2.00. The highest BCUT2D eigenvalue weighted by atomic mass is 32.2. The molecule has 5 nitrogen and oxygen atoms in total. The van der Waals surface area contributed by atoms with Gasteiger partial charge in [0.25, 0.3) is 5.69 Å². The number of hydrogen-bond acceptors (Lipinski definition) is 4. The quantitative estimate of drug-likeness (QED) is 0.496. The Bertz CT molecular complexity index is 842. The molecule has 0 N–H and O–H groups in total. The van der Waals surface area contributed by atoms with Crippen LogP contribution in [0.2, 0.25) is 0 Å². The van der Waals surface area contributed by atoms with Gasteiger partial charge in [0.1, 0.15) is 5.75 Å². The summed E-state index contributed by atoms with van der Waals surface area (Å²) >= 11 is 0. The minimum absolute atomic E-state index is 0.0298. The number of hydrogen-bond donors (Lipinski definition) is 0. The summed E-state index contributed by atoms with van der Waals surface area (Å²) in [6, 6.07) is 12.2. The SMILES string of the molecule is Cc1ccc(S(=O)(=O)CC#Cc2ccc([N+](=O)[O-])cc2)cc1. The first-order chi connectivity index (χ1) is 10.4. The van der Waals surface area contributed by atoms with E-state index in [4.69, 9.17) is 0 Å².